The molecule has 1 heterocycles. The van der Waals surface area contributed by atoms with Crippen LogP contribution in [0.4, 0.5) is 0 Å². The molecule has 1 aromatic carbocycles. The molecule has 6 nitrogen and oxygen atoms in total. The van der Waals surface area contributed by atoms with Crippen LogP contribution in [0.1, 0.15) is 5.56 Å². The van der Waals surface area contributed by atoms with Gasteiger partial charge in [0.05, 0.1) is 10.2 Å². The van der Waals surface area contributed by atoms with Crippen LogP contribution >= 0.6 is 20.6 Å². The van der Waals surface area contributed by atoms with E-state index in [-0.39, 0.29) is 0 Å². The molecule has 0 aromatic heterocycles. The van der Waals surface area contributed by atoms with Gasteiger partial charge >= 0.3 is 0 Å². The summed E-state index contributed by atoms with van der Waals surface area (Å²) in [5.74, 6) is 0. The average Bonchev–Trinajstić information content (AvgIpc) is 2.72. The summed E-state index contributed by atoms with van der Waals surface area (Å²) in [4.78, 5) is 5.96. The first-order chi connectivity index (χ1) is 8.87. The van der Waals surface area contributed by atoms with Crippen LogP contribution < -0.4 is 14.0 Å². The first-order valence-corrected chi connectivity index (χ1v) is 8.80. The molecular formula is C10H11ClN2O4S2. The standard InChI is InChI=1S/C10H11ClN2O4S2/c1-13(2)10-12-9(8-6-4-3-5-7-8)18-19(10)17-11(14,15)16/h3-7H,1-2H3. The molecule has 104 valence electrons. The van der Waals surface area contributed by atoms with Gasteiger partial charge in [0.1, 0.15) is 5.04 Å². The SMILES string of the molecule is CN(C)C1=S(O[Cl+3]([O-])([O-])[O-])SC(c2ccccc2)=N1. The Morgan fingerprint density at radius 2 is 1.84 bits per heavy atom. The highest BCUT2D eigenvalue weighted by molar-refractivity contribution is 8.87. The van der Waals surface area contributed by atoms with E-state index in [0.29, 0.717) is 10.2 Å². The summed E-state index contributed by atoms with van der Waals surface area (Å²) >= 11 is 0. The Bertz CT molecular complexity index is 528. The van der Waals surface area contributed by atoms with Crippen LogP contribution in [0.2, 0.25) is 0 Å². The van der Waals surface area contributed by atoms with E-state index in [1.165, 1.54) is 0 Å². The molecule has 1 atom stereocenters. The van der Waals surface area contributed by atoms with Crippen molar-refractivity contribution in [2.45, 2.75) is 0 Å². The summed E-state index contributed by atoms with van der Waals surface area (Å²) in [6.45, 7) is 0. The maximum absolute atomic E-state index is 10.7. The molecule has 2 rings (SSSR count). The fourth-order valence-corrected chi connectivity index (χ4v) is 5.70. The van der Waals surface area contributed by atoms with Gasteiger partial charge in [-0.3, -0.25) is 4.90 Å². The van der Waals surface area contributed by atoms with Gasteiger partial charge in [0, 0.05) is 16.4 Å². The van der Waals surface area contributed by atoms with Gasteiger partial charge < -0.3 is 0 Å². The Morgan fingerprint density at radius 3 is 2.37 bits per heavy atom. The van der Waals surface area contributed by atoms with Gasteiger partial charge in [-0.2, -0.15) is 14.0 Å². The predicted molar refractivity (Wildman–Crippen MR) is 67.9 cm³/mol. The van der Waals surface area contributed by atoms with Crippen LogP contribution in [0, 0.1) is 10.2 Å². The van der Waals surface area contributed by atoms with E-state index < -0.39 is 20.0 Å². The van der Waals surface area contributed by atoms with Crippen molar-refractivity contribution in [3.63, 3.8) is 0 Å². The highest BCUT2D eigenvalue weighted by Crippen LogP contribution is 2.43. The summed E-state index contributed by atoms with van der Waals surface area (Å²) in [6.07, 6.45) is 0. The fourth-order valence-electron chi connectivity index (χ4n) is 1.31. The van der Waals surface area contributed by atoms with Crippen molar-refractivity contribution in [1.29, 1.82) is 0 Å². The molecule has 19 heavy (non-hydrogen) atoms. The smallest absolute Gasteiger partial charge is 0.211 e. The zero-order valence-corrected chi connectivity index (χ0v) is 12.5. The number of benzene rings is 1. The van der Waals surface area contributed by atoms with Crippen LogP contribution in [-0.4, -0.2) is 29.2 Å². The lowest BCUT2D eigenvalue weighted by molar-refractivity contribution is -1.91. The third-order valence-corrected chi connectivity index (χ3v) is 6.34. The maximum Gasteiger partial charge on any atom is 0.211 e. The number of halogens is 1. The zero-order chi connectivity index (χ0) is 14.0. The van der Waals surface area contributed by atoms with Crippen LogP contribution in [-0.2, 0) is 3.74 Å². The molecule has 1 aliphatic heterocycles. The van der Waals surface area contributed by atoms with Crippen molar-refractivity contribution in [2.24, 2.45) is 4.99 Å². The minimum atomic E-state index is -4.48. The van der Waals surface area contributed by atoms with E-state index >= 15 is 0 Å². The van der Waals surface area contributed by atoms with E-state index in [4.69, 9.17) is 0 Å². The van der Waals surface area contributed by atoms with Gasteiger partial charge in [-0.05, 0) is 14.1 Å². The van der Waals surface area contributed by atoms with Crippen LogP contribution in [0.25, 0.3) is 0 Å². The molecule has 0 amide bonds. The molecule has 0 radical (unpaired) electrons. The van der Waals surface area contributed by atoms with Crippen LogP contribution in [0.5, 0.6) is 0 Å². The Labute approximate surface area is 119 Å². The lowest BCUT2D eigenvalue weighted by atomic mass is 10.2. The van der Waals surface area contributed by atoms with E-state index in [2.05, 4.69) is 8.73 Å². The molecular weight excluding hydrogens is 312 g/mol. The molecule has 0 fully saturated rings. The first-order valence-electron chi connectivity index (χ1n) is 5.08. The van der Waals surface area contributed by atoms with Crippen LogP contribution in [0.3, 0.4) is 0 Å². The van der Waals surface area contributed by atoms with Gasteiger partial charge in [0.2, 0.25) is 9.80 Å². The highest BCUT2D eigenvalue weighted by atomic mass is 35.7. The minimum Gasteiger partial charge on any atom is -0.258 e. The van der Waals surface area contributed by atoms with E-state index in [9.17, 15) is 14.0 Å². The molecule has 0 bridgehead atoms. The number of rotatable bonds is 3. The first kappa shape index (κ1) is 14.9. The predicted octanol–water partition coefficient (Wildman–Crippen LogP) is -1.16. The molecule has 0 N–H and O–H groups in total. The van der Waals surface area contributed by atoms with Crippen LogP contribution in [0.15, 0.2) is 35.3 Å². The molecule has 1 aromatic rings. The molecule has 0 aliphatic carbocycles. The third-order valence-electron chi connectivity index (χ3n) is 2.04. The minimum absolute atomic E-state index is 0.413. The Balaban J connectivity index is 2.26. The summed E-state index contributed by atoms with van der Waals surface area (Å²) in [5, 5.41) is 1.04. The van der Waals surface area contributed by atoms with Gasteiger partial charge in [-0.1, -0.05) is 30.3 Å². The summed E-state index contributed by atoms with van der Waals surface area (Å²) in [5.41, 5.74) is 0.852. The Kier molecular flexibility index (Phi) is 4.64. The topological polar surface area (TPSA) is 94.0 Å². The lowest BCUT2D eigenvalue weighted by Crippen LogP contribution is -2.60. The van der Waals surface area contributed by atoms with E-state index in [1.54, 1.807) is 19.0 Å². The molecule has 0 saturated heterocycles. The van der Waals surface area contributed by atoms with Gasteiger partial charge in [-0.25, -0.2) is 4.99 Å². The number of nitrogens with zero attached hydrogens (tertiary/aromatic N) is 2. The maximum atomic E-state index is 10.7. The lowest BCUT2D eigenvalue weighted by Gasteiger charge is -2.13. The van der Waals surface area contributed by atoms with Crippen molar-refractivity contribution in [2.75, 3.05) is 14.1 Å². The van der Waals surface area contributed by atoms with Crippen molar-refractivity contribution in [1.82, 2.24) is 4.90 Å². The molecule has 9 heteroatoms. The number of aliphatic imine (C=N–C) groups is 1. The average molecular weight is 323 g/mol. The normalized spacial score (nSPS) is 20.0. The second kappa shape index (κ2) is 5.90. The largest absolute Gasteiger partial charge is 0.258 e. The van der Waals surface area contributed by atoms with Crippen molar-refractivity contribution >= 4 is 30.7 Å². The second-order valence-corrected chi connectivity index (χ2v) is 7.78. The molecule has 0 spiro atoms. The van der Waals surface area contributed by atoms with Gasteiger partial charge in [-0.15, -0.1) is 0 Å². The monoisotopic (exact) mass is 322 g/mol. The zero-order valence-electron chi connectivity index (χ0n) is 10.1. The number of hydrogen-bond acceptors (Lipinski definition) is 7. The summed E-state index contributed by atoms with van der Waals surface area (Å²) in [6, 6.07) is 9.29. The second-order valence-electron chi connectivity index (χ2n) is 3.72. The van der Waals surface area contributed by atoms with Gasteiger partial charge in [0.15, 0.2) is 8.85 Å². The van der Waals surface area contributed by atoms with Crippen molar-refractivity contribution < 1.29 is 28.0 Å². The van der Waals surface area contributed by atoms with E-state index in [1.807, 2.05) is 30.3 Å². The Hall–Kier alpha value is -0.450. The quantitative estimate of drug-likeness (QED) is 0.515. The molecule has 1 aliphatic rings. The van der Waals surface area contributed by atoms with Gasteiger partial charge in [0.25, 0.3) is 0 Å². The van der Waals surface area contributed by atoms with Crippen molar-refractivity contribution in [3.8, 4) is 0 Å². The summed E-state index contributed by atoms with van der Waals surface area (Å²) < 4.78 is 36.6. The Morgan fingerprint density at radius 1 is 1.21 bits per heavy atom. The van der Waals surface area contributed by atoms with Crippen molar-refractivity contribution in [3.05, 3.63) is 35.9 Å². The number of hydrogen-bond donors (Lipinski definition) is 0. The summed E-state index contributed by atoms with van der Waals surface area (Å²) in [7, 11) is -1.19. The molecule has 1 unspecified atom stereocenters. The molecule has 0 saturated carbocycles. The third kappa shape index (κ3) is 4.01. The van der Waals surface area contributed by atoms with E-state index in [0.717, 1.165) is 16.4 Å². The highest BCUT2D eigenvalue weighted by Gasteiger charge is 2.33. The fraction of sp³-hybridized carbons (Fsp3) is 0.200.